The van der Waals surface area contributed by atoms with Crippen LogP contribution in [0.25, 0.3) is 0 Å². The summed E-state index contributed by atoms with van der Waals surface area (Å²) < 4.78 is 13.2. The number of carboxylic acids is 1. The van der Waals surface area contributed by atoms with Crippen LogP contribution in [0.4, 0.5) is 4.39 Å². The molecule has 1 saturated heterocycles. The Bertz CT molecular complexity index is 907. The molecule has 1 aliphatic heterocycles. The van der Waals surface area contributed by atoms with Gasteiger partial charge in [0.25, 0.3) is 5.91 Å². The van der Waals surface area contributed by atoms with Crippen molar-refractivity contribution < 1.29 is 23.9 Å². The highest BCUT2D eigenvalue weighted by molar-refractivity contribution is 5.96. The second kappa shape index (κ2) is 9.32. The van der Waals surface area contributed by atoms with E-state index in [-0.39, 0.29) is 18.0 Å². The Balaban J connectivity index is 1.47. The van der Waals surface area contributed by atoms with Crippen LogP contribution in [0.2, 0.25) is 0 Å². The average Bonchev–Trinajstić information content (AvgIpc) is 2.72. The minimum Gasteiger partial charge on any atom is -0.478 e. The standard InChI is InChI=1S/C22H23FN2O4/c23-18-6-3-5-17(13-18)21(27)24-14-20(26)25-10-8-15(9-11-25)12-16-4-1-2-7-19(16)22(28)29/h1-7,13,15H,8-12,14H2,(H,24,27)(H,28,29). The third-order valence-electron chi connectivity index (χ3n) is 5.21. The van der Waals surface area contributed by atoms with E-state index >= 15 is 0 Å². The SMILES string of the molecule is O=C(NCC(=O)N1CCC(Cc2ccccc2C(=O)O)CC1)c1cccc(F)c1. The third-order valence-corrected chi connectivity index (χ3v) is 5.21. The summed E-state index contributed by atoms with van der Waals surface area (Å²) >= 11 is 0. The lowest BCUT2D eigenvalue weighted by molar-refractivity contribution is -0.131. The first-order valence-electron chi connectivity index (χ1n) is 9.57. The summed E-state index contributed by atoms with van der Waals surface area (Å²) in [5.74, 6) is -1.80. The number of hydrogen-bond acceptors (Lipinski definition) is 3. The lowest BCUT2D eigenvalue weighted by atomic mass is 9.88. The molecule has 1 fully saturated rings. The van der Waals surface area contributed by atoms with Crippen LogP contribution in [-0.2, 0) is 11.2 Å². The van der Waals surface area contributed by atoms with Gasteiger partial charge >= 0.3 is 5.97 Å². The van der Waals surface area contributed by atoms with Crippen molar-refractivity contribution in [3.8, 4) is 0 Å². The Morgan fingerprint density at radius 3 is 2.48 bits per heavy atom. The quantitative estimate of drug-likeness (QED) is 0.783. The Morgan fingerprint density at radius 2 is 1.79 bits per heavy atom. The Kier molecular flexibility index (Phi) is 6.59. The molecule has 1 heterocycles. The van der Waals surface area contributed by atoms with E-state index in [1.54, 1.807) is 17.0 Å². The molecule has 152 valence electrons. The molecule has 2 amide bonds. The molecule has 2 aromatic rings. The number of benzene rings is 2. The minimum absolute atomic E-state index is 0.137. The van der Waals surface area contributed by atoms with E-state index in [9.17, 15) is 23.9 Å². The highest BCUT2D eigenvalue weighted by Crippen LogP contribution is 2.23. The van der Waals surface area contributed by atoms with Crippen LogP contribution in [0.5, 0.6) is 0 Å². The number of rotatable bonds is 6. The molecule has 0 bridgehead atoms. The van der Waals surface area contributed by atoms with E-state index in [2.05, 4.69) is 5.32 Å². The van der Waals surface area contributed by atoms with Crippen LogP contribution in [0, 0.1) is 11.7 Å². The number of carbonyl (C=O) groups excluding carboxylic acids is 2. The van der Waals surface area contributed by atoms with E-state index in [1.165, 1.54) is 18.2 Å². The number of halogens is 1. The van der Waals surface area contributed by atoms with E-state index < -0.39 is 17.7 Å². The molecule has 0 radical (unpaired) electrons. The largest absolute Gasteiger partial charge is 0.478 e. The number of likely N-dealkylation sites (tertiary alicyclic amines) is 1. The van der Waals surface area contributed by atoms with Gasteiger partial charge in [0.05, 0.1) is 12.1 Å². The molecule has 2 N–H and O–H groups in total. The monoisotopic (exact) mass is 398 g/mol. The first-order valence-corrected chi connectivity index (χ1v) is 9.57. The molecular weight excluding hydrogens is 375 g/mol. The summed E-state index contributed by atoms with van der Waals surface area (Å²) in [4.78, 5) is 37.4. The van der Waals surface area contributed by atoms with Crippen molar-refractivity contribution >= 4 is 17.8 Å². The molecule has 1 aliphatic rings. The summed E-state index contributed by atoms with van der Waals surface area (Å²) in [6, 6.07) is 12.3. The van der Waals surface area contributed by atoms with Crippen LogP contribution >= 0.6 is 0 Å². The molecule has 7 heteroatoms. The predicted octanol–water partition coefficient (Wildman–Crippen LogP) is 2.74. The fraction of sp³-hybridized carbons (Fsp3) is 0.318. The van der Waals surface area contributed by atoms with Gasteiger partial charge in [-0.15, -0.1) is 0 Å². The summed E-state index contributed by atoms with van der Waals surface area (Å²) in [6.45, 7) is 0.991. The van der Waals surface area contributed by atoms with Crippen LogP contribution in [0.1, 0.15) is 39.1 Å². The van der Waals surface area contributed by atoms with Crippen molar-refractivity contribution in [1.29, 1.82) is 0 Å². The molecule has 6 nitrogen and oxygen atoms in total. The van der Waals surface area contributed by atoms with Crippen LogP contribution < -0.4 is 5.32 Å². The van der Waals surface area contributed by atoms with Crippen molar-refractivity contribution in [2.75, 3.05) is 19.6 Å². The summed E-state index contributed by atoms with van der Waals surface area (Å²) in [5.41, 5.74) is 1.31. The topological polar surface area (TPSA) is 86.7 Å². The number of nitrogens with zero attached hydrogens (tertiary/aromatic N) is 1. The number of carbonyl (C=O) groups is 3. The summed E-state index contributed by atoms with van der Waals surface area (Å²) in [5, 5.41) is 11.8. The molecule has 0 unspecified atom stereocenters. The molecule has 0 atom stereocenters. The number of aromatic carboxylic acids is 1. The smallest absolute Gasteiger partial charge is 0.335 e. The van der Waals surface area contributed by atoms with E-state index in [4.69, 9.17) is 0 Å². The summed E-state index contributed by atoms with van der Waals surface area (Å²) in [6.07, 6.45) is 2.22. The number of carboxylic acid groups (broad SMARTS) is 1. The Hall–Kier alpha value is -3.22. The average molecular weight is 398 g/mol. The van der Waals surface area contributed by atoms with Gasteiger partial charge in [0.1, 0.15) is 5.82 Å². The fourth-order valence-electron chi connectivity index (χ4n) is 3.60. The normalized spacial score (nSPS) is 14.4. The highest BCUT2D eigenvalue weighted by Gasteiger charge is 2.24. The van der Waals surface area contributed by atoms with Gasteiger partial charge in [-0.3, -0.25) is 9.59 Å². The molecule has 2 aromatic carbocycles. The van der Waals surface area contributed by atoms with Crippen LogP contribution in [0.3, 0.4) is 0 Å². The molecule has 0 aliphatic carbocycles. The summed E-state index contributed by atoms with van der Waals surface area (Å²) in [7, 11) is 0. The second-order valence-electron chi connectivity index (χ2n) is 7.18. The first kappa shape index (κ1) is 20.5. The zero-order chi connectivity index (χ0) is 20.8. The molecule has 0 aromatic heterocycles. The maximum atomic E-state index is 13.2. The van der Waals surface area contributed by atoms with Gasteiger partial charge in [-0.25, -0.2) is 9.18 Å². The predicted molar refractivity (Wildman–Crippen MR) is 105 cm³/mol. The number of piperidine rings is 1. The maximum Gasteiger partial charge on any atom is 0.335 e. The van der Waals surface area contributed by atoms with E-state index in [1.807, 2.05) is 12.1 Å². The first-order chi connectivity index (χ1) is 13.9. The van der Waals surface area contributed by atoms with Gasteiger partial charge in [-0.1, -0.05) is 24.3 Å². The zero-order valence-corrected chi connectivity index (χ0v) is 15.9. The van der Waals surface area contributed by atoms with Crippen molar-refractivity contribution in [2.45, 2.75) is 19.3 Å². The van der Waals surface area contributed by atoms with Gasteiger partial charge in [0.2, 0.25) is 5.91 Å². The molecule has 0 saturated carbocycles. The van der Waals surface area contributed by atoms with Gasteiger partial charge in [-0.05, 0) is 55.0 Å². The zero-order valence-electron chi connectivity index (χ0n) is 15.9. The Morgan fingerprint density at radius 1 is 1.07 bits per heavy atom. The molecule has 29 heavy (non-hydrogen) atoms. The van der Waals surface area contributed by atoms with Crippen molar-refractivity contribution in [2.24, 2.45) is 5.92 Å². The van der Waals surface area contributed by atoms with Gasteiger partial charge < -0.3 is 15.3 Å². The van der Waals surface area contributed by atoms with Gasteiger partial charge in [0, 0.05) is 18.7 Å². The third kappa shape index (κ3) is 5.40. The number of hydrogen-bond donors (Lipinski definition) is 2. The van der Waals surface area contributed by atoms with Crippen LogP contribution in [0.15, 0.2) is 48.5 Å². The van der Waals surface area contributed by atoms with Crippen molar-refractivity contribution in [3.63, 3.8) is 0 Å². The van der Waals surface area contributed by atoms with Crippen molar-refractivity contribution in [3.05, 3.63) is 71.0 Å². The number of nitrogens with one attached hydrogen (secondary N) is 1. The molecule has 3 rings (SSSR count). The fourth-order valence-corrected chi connectivity index (χ4v) is 3.60. The van der Waals surface area contributed by atoms with E-state index in [0.29, 0.717) is 31.0 Å². The highest BCUT2D eigenvalue weighted by atomic mass is 19.1. The lowest BCUT2D eigenvalue weighted by Gasteiger charge is -2.32. The molecule has 0 spiro atoms. The van der Waals surface area contributed by atoms with Gasteiger partial charge in [-0.2, -0.15) is 0 Å². The number of amides is 2. The maximum absolute atomic E-state index is 13.2. The lowest BCUT2D eigenvalue weighted by Crippen LogP contribution is -2.44. The Labute approximate surface area is 168 Å². The minimum atomic E-state index is -0.928. The van der Waals surface area contributed by atoms with Crippen LogP contribution in [-0.4, -0.2) is 47.4 Å². The van der Waals surface area contributed by atoms with Gasteiger partial charge in [0.15, 0.2) is 0 Å². The second-order valence-corrected chi connectivity index (χ2v) is 7.18. The molecular formula is C22H23FN2O4. The van der Waals surface area contributed by atoms with E-state index in [0.717, 1.165) is 24.5 Å². The van der Waals surface area contributed by atoms with Crippen molar-refractivity contribution in [1.82, 2.24) is 10.2 Å².